The van der Waals surface area contributed by atoms with Gasteiger partial charge in [-0.1, -0.05) is 23.7 Å². The van der Waals surface area contributed by atoms with Gasteiger partial charge in [-0.3, -0.25) is 13.9 Å². The summed E-state index contributed by atoms with van der Waals surface area (Å²) in [4.78, 5) is 25.3. The zero-order valence-electron chi connectivity index (χ0n) is 16.9. The van der Waals surface area contributed by atoms with Gasteiger partial charge in [-0.05, 0) is 43.3 Å². The molecule has 0 spiro atoms. The van der Waals surface area contributed by atoms with E-state index in [0.717, 1.165) is 10.6 Å². The second-order valence-electron chi connectivity index (χ2n) is 6.49. The molecule has 2 aromatic rings. The van der Waals surface area contributed by atoms with E-state index in [-0.39, 0.29) is 17.2 Å². The first-order chi connectivity index (χ1) is 14.1. The van der Waals surface area contributed by atoms with E-state index in [9.17, 15) is 18.0 Å². The first-order valence-corrected chi connectivity index (χ1v) is 11.3. The monoisotopic (exact) mass is 453 g/mol. The van der Waals surface area contributed by atoms with Crippen molar-refractivity contribution >= 4 is 44.8 Å². The molecule has 0 heterocycles. The van der Waals surface area contributed by atoms with Gasteiger partial charge in [0.1, 0.15) is 6.04 Å². The third-order valence-electron chi connectivity index (χ3n) is 4.19. The highest BCUT2D eigenvalue weighted by Gasteiger charge is 2.29. The molecular weight excluding hydrogens is 430 g/mol. The first-order valence-electron chi connectivity index (χ1n) is 9.07. The molecule has 0 aliphatic rings. The zero-order valence-corrected chi connectivity index (χ0v) is 18.5. The molecule has 1 unspecified atom stereocenters. The summed E-state index contributed by atoms with van der Waals surface area (Å²) in [6.45, 7) is 2.13. The van der Waals surface area contributed by atoms with Crippen LogP contribution in [-0.4, -0.2) is 52.8 Å². The number of para-hydroxylation sites is 1. The second kappa shape index (κ2) is 10.4. The topological polar surface area (TPSA) is 105 Å². The molecule has 2 aromatic carbocycles. The third kappa shape index (κ3) is 6.19. The van der Waals surface area contributed by atoms with Crippen LogP contribution in [0.5, 0.6) is 0 Å². The summed E-state index contributed by atoms with van der Waals surface area (Å²) < 4.78 is 30.7. The number of methoxy groups -OCH3 is 1. The van der Waals surface area contributed by atoms with E-state index in [1.165, 1.54) is 26.2 Å². The number of ether oxygens (including phenoxy) is 1. The Hall–Kier alpha value is -2.62. The van der Waals surface area contributed by atoms with Crippen molar-refractivity contribution in [3.8, 4) is 0 Å². The second-order valence-corrected chi connectivity index (χ2v) is 8.79. The molecular formula is C20H24ClN3O5S. The third-order valence-corrected chi connectivity index (χ3v) is 5.68. The minimum Gasteiger partial charge on any atom is -0.383 e. The molecule has 30 heavy (non-hydrogen) atoms. The van der Waals surface area contributed by atoms with Crippen molar-refractivity contribution in [1.82, 2.24) is 5.32 Å². The summed E-state index contributed by atoms with van der Waals surface area (Å²) in [5.41, 5.74) is 0.829. The van der Waals surface area contributed by atoms with Gasteiger partial charge in [0.15, 0.2) is 0 Å². The fourth-order valence-corrected chi connectivity index (χ4v) is 4.09. The van der Waals surface area contributed by atoms with Crippen molar-refractivity contribution in [3.63, 3.8) is 0 Å². The lowest BCUT2D eigenvalue weighted by molar-refractivity contribution is -0.116. The van der Waals surface area contributed by atoms with Gasteiger partial charge in [0, 0.05) is 18.7 Å². The number of nitrogens with zero attached hydrogens (tertiary/aromatic N) is 1. The summed E-state index contributed by atoms with van der Waals surface area (Å²) in [6.07, 6.45) is 1.02. The van der Waals surface area contributed by atoms with Crippen LogP contribution in [0.15, 0.2) is 48.5 Å². The predicted octanol–water partition coefficient (Wildman–Crippen LogP) is 2.51. The predicted molar refractivity (Wildman–Crippen MR) is 118 cm³/mol. The van der Waals surface area contributed by atoms with Crippen LogP contribution in [0.4, 0.5) is 11.4 Å². The van der Waals surface area contributed by atoms with Crippen molar-refractivity contribution in [1.29, 1.82) is 0 Å². The molecule has 1 atom stereocenters. The average molecular weight is 454 g/mol. The van der Waals surface area contributed by atoms with Gasteiger partial charge in [-0.2, -0.15) is 0 Å². The SMILES string of the molecule is COCCNC(=O)c1ccccc1NC(=O)C(C)N(c1ccc(Cl)cc1)S(C)(=O)=O. The van der Waals surface area contributed by atoms with Crippen LogP contribution in [0.1, 0.15) is 17.3 Å². The fraction of sp³-hybridized carbons (Fsp3) is 0.300. The Kier molecular flexibility index (Phi) is 8.22. The highest BCUT2D eigenvalue weighted by molar-refractivity contribution is 7.92. The van der Waals surface area contributed by atoms with Crippen molar-refractivity contribution in [3.05, 3.63) is 59.1 Å². The van der Waals surface area contributed by atoms with Gasteiger partial charge < -0.3 is 15.4 Å². The van der Waals surface area contributed by atoms with Crippen molar-refractivity contribution < 1.29 is 22.7 Å². The highest BCUT2D eigenvalue weighted by atomic mass is 35.5. The van der Waals surface area contributed by atoms with E-state index >= 15 is 0 Å². The van der Waals surface area contributed by atoms with Crippen LogP contribution in [-0.2, 0) is 19.6 Å². The summed E-state index contributed by atoms with van der Waals surface area (Å²) in [5, 5.41) is 5.78. The normalized spacial score (nSPS) is 12.1. The number of carbonyl (C=O) groups excluding carboxylic acids is 2. The number of amides is 2. The smallest absolute Gasteiger partial charge is 0.253 e. The standard InChI is InChI=1S/C20H24ClN3O5S/c1-14(24(30(3,27)28)16-10-8-15(21)9-11-16)19(25)23-18-7-5-4-6-17(18)20(26)22-12-13-29-2/h4-11,14H,12-13H2,1-3H3,(H,22,26)(H,23,25). The number of rotatable bonds is 9. The highest BCUT2D eigenvalue weighted by Crippen LogP contribution is 2.24. The van der Waals surface area contributed by atoms with Crippen LogP contribution in [0, 0.1) is 0 Å². The maximum atomic E-state index is 12.9. The molecule has 2 rings (SSSR count). The number of halogens is 1. The van der Waals surface area contributed by atoms with E-state index in [1.807, 2.05) is 0 Å². The van der Waals surface area contributed by atoms with Gasteiger partial charge in [-0.15, -0.1) is 0 Å². The Morgan fingerprint density at radius 1 is 1.13 bits per heavy atom. The number of sulfonamides is 1. The van der Waals surface area contributed by atoms with Crippen LogP contribution in [0.3, 0.4) is 0 Å². The minimum atomic E-state index is -3.77. The number of anilines is 2. The maximum Gasteiger partial charge on any atom is 0.253 e. The minimum absolute atomic E-state index is 0.256. The lowest BCUT2D eigenvalue weighted by Crippen LogP contribution is -2.45. The molecule has 0 aromatic heterocycles. The quantitative estimate of drug-likeness (QED) is 0.567. The lowest BCUT2D eigenvalue weighted by atomic mass is 10.1. The Morgan fingerprint density at radius 2 is 1.77 bits per heavy atom. The zero-order chi connectivity index (χ0) is 22.3. The summed E-state index contributed by atoms with van der Waals surface area (Å²) in [7, 11) is -2.25. The van der Waals surface area contributed by atoms with Crippen LogP contribution >= 0.6 is 11.6 Å². The molecule has 2 amide bonds. The van der Waals surface area contributed by atoms with Crippen LogP contribution in [0.2, 0.25) is 5.02 Å². The number of nitrogens with one attached hydrogen (secondary N) is 2. The van der Waals surface area contributed by atoms with E-state index in [4.69, 9.17) is 16.3 Å². The molecule has 2 N–H and O–H groups in total. The lowest BCUT2D eigenvalue weighted by Gasteiger charge is -2.28. The summed E-state index contributed by atoms with van der Waals surface area (Å²) in [6, 6.07) is 11.5. The Balaban J connectivity index is 2.25. The van der Waals surface area contributed by atoms with Crippen LogP contribution < -0.4 is 14.9 Å². The Labute approximate surface area is 181 Å². The molecule has 10 heteroatoms. The number of hydrogen-bond donors (Lipinski definition) is 2. The van der Waals surface area contributed by atoms with Gasteiger partial charge in [0.25, 0.3) is 5.91 Å². The van der Waals surface area contributed by atoms with E-state index < -0.39 is 22.0 Å². The summed E-state index contributed by atoms with van der Waals surface area (Å²) in [5.74, 6) is -0.971. The largest absolute Gasteiger partial charge is 0.383 e. The van der Waals surface area contributed by atoms with Gasteiger partial charge in [0.2, 0.25) is 15.9 Å². The van der Waals surface area contributed by atoms with Crippen molar-refractivity contribution in [2.24, 2.45) is 0 Å². The van der Waals surface area contributed by atoms with Gasteiger partial charge in [0.05, 0.1) is 29.8 Å². The number of benzene rings is 2. The average Bonchev–Trinajstić information content (AvgIpc) is 2.69. The maximum absolute atomic E-state index is 12.9. The molecule has 0 bridgehead atoms. The van der Waals surface area contributed by atoms with E-state index in [0.29, 0.717) is 23.9 Å². The first kappa shape index (κ1) is 23.7. The van der Waals surface area contributed by atoms with Crippen molar-refractivity contribution in [2.75, 3.05) is 36.1 Å². The molecule has 0 aliphatic heterocycles. The van der Waals surface area contributed by atoms with Gasteiger partial charge >= 0.3 is 0 Å². The summed E-state index contributed by atoms with van der Waals surface area (Å²) >= 11 is 5.88. The molecule has 0 radical (unpaired) electrons. The van der Waals surface area contributed by atoms with Gasteiger partial charge in [-0.25, -0.2) is 8.42 Å². The number of carbonyl (C=O) groups is 2. The molecule has 0 fully saturated rings. The molecule has 0 aliphatic carbocycles. The Morgan fingerprint density at radius 3 is 2.37 bits per heavy atom. The van der Waals surface area contributed by atoms with Crippen molar-refractivity contribution in [2.45, 2.75) is 13.0 Å². The molecule has 162 valence electrons. The van der Waals surface area contributed by atoms with E-state index in [1.54, 1.807) is 36.4 Å². The number of hydrogen-bond acceptors (Lipinski definition) is 5. The molecule has 8 nitrogen and oxygen atoms in total. The Bertz CT molecular complexity index is 996. The molecule has 0 saturated heterocycles. The van der Waals surface area contributed by atoms with E-state index in [2.05, 4.69) is 10.6 Å². The molecule has 0 saturated carbocycles. The fourth-order valence-electron chi connectivity index (χ4n) is 2.79. The van der Waals surface area contributed by atoms with Crippen LogP contribution in [0.25, 0.3) is 0 Å².